The van der Waals surface area contributed by atoms with Gasteiger partial charge in [-0.15, -0.1) is 0 Å². The third-order valence-electron chi connectivity index (χ3n) is 0.897. The van der Waals surface area contributed by atoms with Gasteiger partial charge in [0.25, 0.3) is 0 Å². The van der Waals surface area contributed by atoms with E-state index in [1.54, 1.807) is 0 Å². The summed E-state index contributed by atoms with van der Waals surface area (Å²) in [5, 5.41) is 7.56. The molecule has 4 nitrogen and oxygen atoms in total. The van der Waals surface area contributed by atoms with Crippen LogP contribution >= 0.6 is 7.74 Å². The van der Waals surface area contributed by atoms with Gasteiger partial charge in [-0.05, 0) is 20.8 Å². The molecule has 0 saturated heterocycles. The molecule has 0 saturated carbocycles. The second-order valence-corrected chi connectivity index (χ2v) is 3.52. The zero-order valence-electron chi connectivity index (χ0n) is 7.29. The van der Waals surface area contributed by atoms with Crippen molar-refractivity contribution < 1.29 is 13.6 Å². The van der Waals surface area contributed by atoms with Gasteiger partial charge in [-0.3, -0.25) is 0 Å². The van der Waals surface area contributed by atoms with Crippen molar-refractivity contribution in [3.63, 3.8) is 0 Å². The first kappa shape index (κ1) is 11.1. The first-order valence-electron chi connectivity index (χ1n) is 3.76. The molecule has 0 spiro atoms. The maximum atomic E-state index is 7.56. The summed E-state index contributed by atoms with van der Waals surface area (Å²) in [4.78, 5) is 0. The van der Waals surface area contributed by atoms with Crippen LogP contribution in [0.3, 0.4) is 0 Å². The first-order valence-corrected chi connectivity index (χ1v) is 5.30. The Morgan fingerprint density at radius 2 is 1.18 bits per heavy atom. The molecule has 0 aliphatic carbocycles. The zero-order chi connectivity index (χ0) is 8.74. The van der Waals surface area contributed by atoms with Gasteiger partial charge in [0.1, 0.15) is 0 Å². The monoisotopic (exact) mass is 181 g/mol. The van der Waals surface area contributed by atoms with Crippen molar-refractivity contribution in [3.8, 4) is 0 Å². The highest BCUT2D eigenvalue weighted by Gasteiger charge is 2.17. The highest BCUT2D eigenvalue weighted by Crippen LogP contribution is 2.49. The number of hydrogen-bond acceptors (Lipinski definition) is 4. The van der Waals surface area contributed by atoms with Crippen LogP contribution in [0.1, 0.15) is 20.8 Å². The van der Waals surface area contributed by atoms with Gasteiger partial charge >= 0.3 is 7.74 Å². The van der Waals surface area contributed by atoms with Crippen LogP contribution in [0.25, 0.3) is 0 Å². The minimum atomic E-state index is -2.72. The summed E-state index contributed by atoms with van der Waals surface area (Å²) in [5.74, 6) is 0. The van der Waals surface area contributed by atoms with Crippen molar-refractivity contribution in [1.82, 2.24) is 0 Å². The lowest BCUT2D eigenvalue weighted by Crippen LogP contribution is -1.98. The maximum absolute atomic E-state index is 7.56. The molecule has 1 N–H and O–H groups in total. The van der Waals surface area contributed by atoms with E-state index in [9.17, 15) is 0 Å². The number of hydrogen-bond donors (Lipinski definition) is 1. The van der Waals surface area contributed by atoms with Gasteiger partial charge in [0.05, 0.1) is 19.8 Å². The second kappa shape index (κ2) is 5.72. The van der Waals surface area contributed by atoms with Crippen LogP contribution in [-0.2, 0) is 13.6 Å². The van der Waals surface area contributed by atoms with Gasteiger partial charge in [-0.25, -0.2) is 5.16 Å². The van der Waals surface area contributed by atoms with E-state index in [1.807, 2.05) is 20.8 Å². The van der Waals surface area contributed by atoms with E-state index in [-0.39, 0.29) is 0 Å². The van der Waals surface area contributed by atoms with Gasteiger partial charge in [0, 0.05) is 0 Å². The molecular formula is C6H16NO3P. The van der Waals surface area contributed by atoms with E-state index in [2.05, 4.69) is 0 Å². The van der Waals surface area contributed by atoms with Gasteiger partial charge in [0.2, 0.25) is 0 Å². The Morgan fingerprint density at radius 3 is 1.36 bits per heavy atom. The molecule has 5 heteroatoms. The normalized spacial score (nSPS) is 11.9. The Balaban J connectivity index is 3.91. The van der Waals surface area contributed by atoms with Crippen molar-refractivity contribution in [1.29, 1.82) is 5.16 Å². The van der Waals surface area contributed by atoms with Gasteiger partial charge < -0.3 is 13.6 Å². The molecule has 11 heavy (non-hydrogen) atoms. The standard InChI is InChI=1S/C6H16NO3P/c1-4-8-11(7,9-5-2)10-6-3/h7H,4-6H2,1-3H3. The molecule has 0 aliphatic heterocycles. The molecule has 0 heterocycles. The quantitative estimate of drug-likeness (QED) is 0.641. The van der Waals surface area contributed by atoms with Gasteiger partial charge in [0.15, 0.2) is 0 Å². The van der Waals surface area contributed by atoms with Crippen molar-refractivity contribution in [2.75, 3.05) is 19.8 Å². The third-order valence-corrected chi connectivity index (χ3v) is 2.69. The summed E-state index contributed by atoms with van der Waals surface area (Å²) in [6, 6.07) is 0. The fourth-order valence-corrected chi connectivity index (χ4v) is 1.87. The fraction of sp³-hybridized carbons (Fsp3) is 1.00. The van der Waals surface area contributed by atoms with E-state index in [0.29, 0.717) is 19.8 Å². The lowest BCUT2D eigenvalue weighted by Gasteiger charge is -2.18. The summed E-state index contributed by atoms with van der Waals surface area (Å²) in [7, 11) is -2.72. The van der Waals surface area contributed by atoms with Crippen molar-refractivity contribution in [3.05, 3.63) is 0 Å². The first-order chi connectivity index (χ1) is 5.18. The summed E-state index contributed by atoms with van der Waals surface area (Å²) < 4.78 is 15.1. The van der Waals surface area contributed by atoms with E-state index in [1.165, 1.54) is 0 Å². The molecular weight excluding hydrogens is 165 g/mol. The molecule has 0 bridgehead atoms. The maximum Gasteiger partial charge on any atom is 0.352 e. The zero-order valence-corrected chi connectivity index (χ0v) is 8.19. The largest absolute Gasteiger partial charge is 0.352 e. The Hall–Kier alpha value is 0.110. The van der Waals surface area contributed by atoms with Crippen molar-refractivity contribution >= 4 is 7.74 Å². The van der Waals surface area contributed by atoms with Crippen LogP contribution in [0.2, 0.25) is 0 Å². The summed E-state index contributed by atoms with van der Waals surface area (Å²) in [6.07, 6.45) is 0. The lowest BCUT2D eigenvalue weighted by molar-refractivity contribution is 0.160. The van der Waals surface area contributed by atoms with Crippen LogP contribution in [0.15, 0.2) is 0 Å². The predicted octanol–water partition coefficient (Wildman–Crippen LogP) is 2.62. The average Bonchev–Trinajstić information content (AvgIpc) is 1.88. The third kappa shape index (κ3) is 4.53. The molecule has 0 unspecified atom stereocenters. The molecule has 68 valence electrons. The van der Waals surface area contributed by atoms with Crippen LogP contribution in [-0.4, -0.2) is 19.8 Å². The number of nitrogens with one attached hydrogen (secondary N) is 1. The van der Waals surface area contributed by atoms with Gasteiger partial charge in [-0.2, -0.15) is 0 Å². The average molecular weight is 181 g/mol. The SMILES string of the molecule is CCOP(=N)(OCC)OCC. The molecule has 0 fully saturated rings. The summed E-state index contributed by atoms with van der Waals surface area (Å²) in [5.41, 5.74) is 0. The molecule has 0 atom stereocenters. The Kier molecular flexibility index (Phi) is 5.78. The minimum Gasteiger partial charge on any atom is -0.303 e. The Morgan fingerprint density at radius 1 is 0.909 bits per heavy atom. The molecule has 0 aromatic rings. The van der Waals surface area contributed by atoms with Crippen LogP contribution in [0, 0.1) is 5.16 Å². The molecule has 0 amide bonds. The molecule has 0 rings (SSSR count). The number of rotatable bonds is 6. The summed E-state index contributed by atoms with van der Waals surface area (Å²) in [6.45, 7) is 6.83. The molecule has 0 aromatic heterocycles. The Bertz CT molecular complexity index is 116. The van der Waals surface area contributed by atoms with Gasteiger partial charge in [-0.1, -0.05) is 0 Å². The van der Waals surface area contributed by atoms with E-state index < -0.39 is 7.74 Å². The fourth-order valence-electron chi connectivity index (χ4n) is 0.622. The highest BCUT2D eigenvalue weighted by atomic mass is 31.2. The smallest absolute Gasteiger partial charge is 0.303 e. The predicted molar refractivity (Wildman–Crippen MR) is 44.5 cm³/mol. The van der Waals surface area contributed by atoms with Crippen molar-refractivity contribution in [2.45, 2.75) is 20.8 Å². The van der Waals surface area contributed by atoms with Crippen LogP contribution < -0.4 is 0 Å². The van der Waals surface area contributed by atoms with Crippen LogP contribution in [0.4, 0.5) is 0 Å². The van der Waals surface area contributed by atoms with E-state index >= 15 is 0 Å². The van der Waals surface area contributed by atoms with E-state index in [4.69, 9.17) is 18.7 Å². The van der Waals surface area contributed by atoms with E-state index in [0.717, 1.165) is 0 Å². The van der Waals surface area contributed by atoms with Crippen molar-refractivity contribution in [2.24, 2.45) is 0 Å². The summed E-state index contributed by atoms with van der Waals surface area (Å²) >= 11 is 0. The topological polar surface area (TPSA) is 51.5 Å². The second-order valence-electron chi connectivity index (χ2n) is 1.75. The molecule has 0 aromatic carbocycles. The lowest BCUT2D eigenvalue weighted by atomic mass is 10.9. The van der Waals surface area contributed by atoms with Crippen LogP contribution in [0.5, 0.6) is 0 Å². The highest BCUT2D eigenvalue weighted by molar-refractivity contribution is 7.49. The molecule has 0 radical (unpaired) electrons. The Labute approximate surface area is 67.9 Å². The minimum absolute atomic E-state index is 0.456. The molecule has 0 aliphatic rings.